The van der Waals surface area contributed by atoms with E-state index in [-0.39, 0.29) is 12.6 Å². The number of benzene rings is 1. The number of carboxylic acid groups (broad SMARTS) is 2. The van der Waals surface area contributed by atoms with E-state index in [0.29, 0.717) is 19.3 Å². The first-order valence-corrected chi connectivity index (χ1v) is 6.86. The summed E-state index contributed by atoms with van der Waals surface area (Å²) in [4.78, 5) is 21.9. The molecule has 3 rings (SSSR count). The molecule has 3 N–H and O–H groups in total. The lowest BCUT2D eigenvalue weighted by Crippen LogP contribution is -2.38. The molecule has 110 valence electrons. The maximum atomic E-state index is 11.1. The number of carbonyl (C=O) groups is 2. The smallest absolute Gasteiger partial charge is 0.404 e. The number of aromatic nitrogens is 1. The van der Waals surface area contributed by atoms with E-state index >= 15 is 0 Å². The Kier molecular flexibility index (Phi) is 3.29. The average molecular weight is 288 g/mol. The third-order valence-corrected chi connectivity index (χ3v) is 4.00. The summed E-state index contributed by atoms with van der Waals surface area (Å²) in [6, 6.07) is 7.58. The summed E-state index contributed by atoms with van der Waals surface area (Å²) in [6.07, 6.45) is 0.962. The molecule has 1 aliphatic carbocycles. The molecule has 21 heavy (non-hydrogen) atoms. The highest BCUT2D eigenvalue weighted by atomic mass is 16.4. The lowest BCUT2D eigenvalue weighted by Gasteiger charge is -2.23. The molecule has 0 fully saturated rings. The molecule has 0 aliphatic heterocycles. The first kappa shape index (κ1) is 13.5. The van der Waals surface area contributed by atoms with Crippen LogP contribution in [-0.4, -0.2) is 32.9 Å². The van der Waals surface area contributed by atoms with E-state index in [9.17, 15) is 9.59 Å². The first-order valence-electron chi connectivity index (χ1n) is 6.86. The Balaban J connectivity index is 2.06. The van der Waals surface area contributed by atoms with Gasteiger partial charge in [0.25, 0.3) is 0 Å². The van der Waals surface area contributed by atoms with Crippen molar-refractivity contribution in [2.45, 2.75) is 31.8 Å². The van der Waals surface area contributed by atoms with Crippen LogP contribution in [0.2, 0.25) is 0 Å². The topological polar surface area (TPSA) is 91.6 Å². The molecule has 1 aliphatic rings. The third-order valence-electron chi connectivity index (χ3n) is 4.00. The van der Waals surface area contributed by atoms with Crippen LogP contribution in [0.5, 0.6) is 0 Å². The monoisotopic (exact) mass is 288 g/mol. The second-order valence-corrected chi connectivity index (χ2v) is 5.31. The predicted molar refractivity (Wildman–Crippen MR) is 76.5 cm³/mol. The number of nitrogens with zero attached hydrogens (tertiary/aromatic N) is 1. The molecule has 0 bridgehead atoms. The number of fused-ring (bicyclic) bond motifs is 3. The fraction of sp³-hybridized carbons (Fsp3) is 0.333. The zero-order valence-corrected chi connectivity index (χ0v) is 11.4. The van der Waals surface area contributed by atoms with Gasteiger partial charge in [-0.15, -0.1) is 0 Å². The van der Waals surface area contributed by atoms with Gasteiger partial charge in [-0.2, -0.15) is 0 Å². The Bertz CT molecular complexity index is 720. The second kappa shape index (κ2) is 5.12. The lowest BCUT2D eigenvalue weighted by atomic mass is 9.91. The van der Waals surface area contributed by atoms with Gasteiger partial charge in [0, 0.05) is 22.6 Å². The van der Waals surface area contributed by atoms with E-state index in [1.165, 1.54) is 0 Å². The summed E-state index contributed by atoms with van der Waals surface area (Å²) in [5.41, 5.74) is 2.99. The van der Waals surface area contributed by atoms with E-state index < -0.39 is 12.1 Å². The number of amides is 1. The Morgan fingerprint density at radius 3 is 2.76 bits per heavy atom. The van der Waals surface area contributed by atoms with Crippen molar-refractivity contribution in [1.82, 2.24) is 9.88 Å². The number of hydrogen-bond acceptors (Lipinski definition) is 2. The molecule has 1 aromatic heterocycles. The minimum atomic E-state index is -1.02. The van der Waals surface area contributed by atoms with Gasteiger partial charge in [0.15, 0.2) is 0 Å². The van der Waals surface area contributed by atoms with Gasteiger partial charge in [-0.25, -0.2) is 4.79 Å². The average Bonchev–Trinajstić information content (AvgIpc) is 2.72. The Morgan fingerprint density at radius 2 is 2.05 bits per heavy atom. The molecule has 0 radical (unpaired) electrons. The van der Waals surface area contributed by atoms with Crippen LogP contribution in [0.25, 0.3) is 10.9 Å². The third kappa shape index (κ3) is 2.44. The van der Waals surface area contributed by atoms with Crippen molar-refractivity contribution in [1.29, 1.82) is 0 Å². The van der Waals surface area contributed by atoms with Crippen molar-refractivity contribution in [2.24, 2.45) is 0 Å². The van der Waals surface area contributed by atoms with Gasteiger partial charge in [0.05, 0.1) is 0 Å². The fourth-order valence-electron chi connectivity index (χ4n) is 3.21. The number of carboxylic acids is 1. The van der Waals surface area contributed by atoms with Gasteiger partial charge in [0.2, 0.25) is 0 Å². The van der Waals surface area contributed by atoms with Crippen LogP contribution >= 0.6 is 0 Å². The lowest BCUT2D eigenvalue weighted by molar-refractivity contribution is -0.137. The van der Waals surface area contributed by atoms with Crippen LogP contribution in [0.15, 0.2) is 24.3 Å². The van der Waals surface area contributed by atoms with Crippen LogP contribution in [0.1, 0.15) is 17.7 Å². The van der Waals surface area contributed by atoms with Crippen molar-refractivity contribution in [3.63, 3.8) is 0 Å². The molecule has 1 heterocycles. The summed E-state index contributed by atoms with van der Waals surface area (Å²) in [5.74, 6) is -0.871. The maximum Gasteiger partial charge on any atom is 0.404 e. The second-order valence-electron chi connectivity index (χ2n) is 5.31. The molecule has 0 spiro atoms. The van der Waals surface area contributed by atoms with E-state index in [0.717, 1.165) is 22.2 Å². The van der Waals surface area contributed by atoms with Crippen LogP contribution < -0.4 is 5.32 Å². The summed E-state index contributed by atoms with van der Waals surface area (Å²) < 4.78 is 1.84. The van der Waals surface area contributed by atoms with Crippen LogP contribution in [0, 0.1) is 0 Å². The van der Waals surface area contributed by atoms with Crippen molar-refractivity contribution in [2.75, 3.05) is 0 Å². The van der Waals surface area contributed by atoms with Gasteiger partial charge in [-0.3, -0.25) is 4.79 Å². The first-order chi connectivity index (χ1) is 10.1. The van der Waals surface area contributed by atoms with Crippen molar-refractivity contribution in [3.05, 3.63) is 35.5 Å². The Hall–Kier alpha value is -2.50. The van der Waals surface area contributed by atoms with E-state index in [2.05, 4.69) is 5.32 Å². The normalized spacial score (nSPS) is 17.4. The van der Waals surface area contributed by atoms with Crippen molar-refractivity contribution < 1.29 is 19.8 Å². The predicted octanol–water partition coefficient (Wildman–Crippen LogP) is 1.85. The maximum absolute atomic E-state index is 11.1. The molecular formula is C15H16N2O4. The van der Waals surface area contributed by atoms with Gasteiger partial charge in [0.1, 0.15) is 6.54 Å². The molecule has 1 atom stereocenters. The van der Waals surface area contributed by atoms with Gasteiger partial charge < -0.3 is 20.1 Å². The van der Waals surface area contributed by atoms with Gasteiger partial charge in [-0.05, 0) is 30.9 Å². The van der Waals surface area contributed by atoms with E-state index in [1.807, 2.05) is 28.8 Å². The molecule has 0 saturated carbocycles. The zero-order chi connectivity index (χ0) is 15.0. The van der Waals surface area contributed by atoms with Crippen LogP contribution in [0.4, 0.5) is 4.79 Å². The molecule has 1 unspecified atom stereocenters. The van der Waals surface area contributed by atoms with Gasteiger partial charge >= 0.3 is 12.1 Å². The summed E-state index contributed by atoms with van der Waals surface area (Å²) >= 11 is 0. The summed E-state index contributed by atoms with van der Waals surface area (Å²) in [7, 11) is 0. The van der Waals surface area contributed by atoms with Gasteiger partial charge in [-0.1, -0.05) is 18.2 Å². The molecule has 6 nitrogen and oxygen atoms in total. The Morgan fingerprint density at radius 1 is 1.29 bits per heavy atom. The fourth-order valence-corrected chi connectivity index (χ4v) is 3.21. The molecule has 2 aromatic rings. The molecular weight excluding hydrogens is 272 g/mol. The number of hydrogen-bond donors (Lipinski definition) is 3. The number of nitrogens with one attached hydrogen (secondary N) is 1. The van der Waals surface area contributed by atoms with Crippen molar-refractivity contribution >= 4 is 23.0 Å². The van der Waals surface area contributed by atoms with E-state index in [1.54, 1.807) is 0 Å². The number of rotatable bonds is 3. The minimum absolute atomic E-state index is 0.0626. The molecule has 0 saturated heterocycles. The SMILES string of the molecule is O=C(O)Cn1c2c(c3ccccc31)CC(NC(=O)O)CC2. The summed E-state index contributed by atoms with van der Waals surface area (Å²) in [5, 5.41) is 21.5. The number of para-hydroxylation sites is 1. The summed E-state index contributed by atoms with van der Waals surface area (Å²) in [6.45, 7) is -0.0626. The molecule has 6 heteroatoms. The van der Waals surface area contributed by atoms with E-state index in [4.69, 9.17) is 10.2 Å². The standard InChI is InChI=1S/C15H16N2O4/c18-14(19)8-17-12-4-2-1-3-10(12)11-7-9(16-15(20)21)5-6-13(11)17/h1-4,9,16H,5-8H2,(H,18,19)(H,20,21). The molecule has 1 amide bonds. The van der Waals surface area contributed by atoms with Crippen LogP contribution in [-0.2, 0) is 24.2 Å². The van der Waals surface area contributed by atoms with Crippen LogP contribution in [0.3, 0.4) is 0 Å². The quantitative estimate of drug-likeness (QED) is 0.803. The minimum Gasteiger partial charge on any atom is -0.480 e. The number of aliphatic carboxylic acids is 1. The highest BCUT2D eigenvalue weighted by Gasteiger charge is 2.26. The highest BCUT2D eigenvalue weighted by Crippen LogP contribution is 2.32. The zero-order valence-electron chi connectivity index (χ0n) is 11.4. The highest BCUT2D eigenvalue weighted by molar-refractivity contribution is 5.87. The largest absolute Gasteiger partial charge is 0.480 e. The Labute approximate surface area is 121 Å². The molecule has 1 aromatic carbocycles. The van der Waals surface area contributed by atoms with Crippen molar-refractivity contribution in [3.8, 4) is 0 Å².